The standard InChI is InChI=1S/C34H66O4/c1-3-5-7-9-11-13-15-17-19-21-23-25-27-29-34(36)38-33(31-35)32-37-30-28-26-24-22-20-18-16-14-12-10-8-6-4-2/h12,14,33,35H,3-11,13,15-32H2,1-2H3/b14-12-. The highest BCUT2D eigenvalue weighted by Gasteiger charge is 2.13. The molecule has 0 bridgehead atoms. The monoisotopic (exact) mass is 538 g/mol. The SMILES string of the molecule is CCCCC/C=C\CCCCCCCCOCC(CO)OC(=O)CCCCCCCCCCCCCCC. The minimum Gasteiger partial charge on any atom is -0.457 e. The Morgan fingerprint density at radius 1 is 0.605 bits per heavy atom. The summed E-state index contributed by atoms with van der Waals surface area (Å²) in [5.74, 6) is -0.202. The van der Waals surface area contributed by atoms with E-state index in [2.05, 4.69) is 26.0 Å². The van der Waals surface area contributed by atoms with Crippen molar-refractivity contribution in [2.75, 3.05) is 19.8 Å². The molecule has 226 valence electrons. The summed E-state index contributed by atoms with van der Waals surface area (Å²) in [6.45, 7) is 5.32. The summed E-state index contributed by atoms with van der Waals surface area (Å²) in [7, 11) is 0. The number of hydrogen-bond donors (Lipinski definition) is 1. The molecule has 0 aliphatic heterocycles. The van der Waals surface area contributed by atoms with Crippen molar-refractivity contribution in [2.24, 2.45) is 0 Å². The summed E-state index contributed by atoms with van der Waals surface area (Å²) in [4.78, 5) is 12.1. The van der Waals surface area contributed by atoms with Crippen molar-refractivity contribution in [1.29, 1.82) is 0 Å². The van der Waals surface area contributed by atoms with Crippen LogP contribution in [0.3, 0.4) is 0 Å². The highest BCUT2D eigenvalue weighted by atomic mass is 16.6. The molecule has 0 aromatic heterocycles. The van der Waals surface area contributed by atoms with Crippen LogP contribution in [0.2, 0.25) is 0 Å². The molecule has 0 saturated carbocycles. The highest BCUT2D eigenvalue weighted by molar-refractivity contribution is 5.69. The van der Waals surface area contributed by atoms with E-state index in [4.69, 9.17) is 9.47 Å². The average Bonchev–Trinajstić information content (AvgIpc) is 2.92. The predicted molar refractivity (Wildman–Crippen MR) is 164 cm³/mol. The zero-order chi connectivity index (χ0) is 27.8. The molecule has 1 N–H and O–H groups in total. The fraction of sp³-hybridized carbons (Fsp3) is 0.912. The van der Waals surface area contributed by atoms with Crippen LogP contribution in [-0.2, 0) is 14.3 Å². The van der Waals surface area contributed by atoms with Crippen molar-refractivity contribution in [2.45, 2.75) is 180 Å². The Morgan fingerprint density at radius 3 is 1.55 bits per heavy atom. The first-order chi connectivity index (χ1) is 18.7. The largest absolute Gasteiger partial charge is 0.457 e. The van der Waals surface area contributed by atoms with Crippen molar-refractivity contribution in [3.63, 3.8) is 0 Å². The third kappa shape index (κ3) is 29.7. The van der Waals surface area contributed by atoms with Crippen molar-refractivity contribution >= 4 is 5.97 Å². The van der Waals surface area contributed by atoms with Crippen LogP contribution in [0.25, 0.3) is 0 Å². The van der Waals surface area contributed by atoms with Gasteiger partial charge in [-0.15, -0.1) is 0 Å². The van der Waals surface area contributed by atoms with Crippen LogP contribution < -0.4 is 0 Å². The van der Waals surface area contributed by atoms with Crippen LogP contribution >= 0.6 is 0 Å². The first-order valence-corrected chi connectivity index (χ1v) is 16.8. The molecule has 0 aliphatic carbocycles. The Morgan fingerprint density at radius 2 is 1.03 bits per heavy atom. The molecule has 0 rings (SSSR count). The number of aliphatic hydroxyl groups excluding tert-OH is 1. The van der Waals surface area contributed by atoms with Crippen LogP contribution in [0.1, 0.15) is 174 Å². The molecule has 0 heterocycles. The van der Waals surface area contributed by atoms with E-state index in [1.807, 2.05) is 0 Å². The molecule has 38 heavy (non-hydrogen) atoms. The van der Waals surface area contributed by atoms with Gasteiger partial charge in [0.25, 0.3) is 0 Å². The second kappa shape index (κ2) is 32.3. The maximum absolute atomic E-state index is 12.1. The van der Waals surface area contributed by atoms with E-state index in [-0.39, 0.29) is 12.6 Å². The summed E-state index contributed by atoms with van der Waals surface area (Å²) in [6.07, 6.45) is 35.2. The van der Waals surface area contributed by atoms with Gasteiger partial charge in [0.05, 0.1) is 13.2 Å². The van der Waals surface area contributed by atoms with Gasteiger partial charge < -0.3 is 14.6 Å². The van der Waals surface area contributed by atoms with E-state index in [1.54, 1.807) is 0 Å². The van der Waals surface area contributed by atoms with Gasteiger partial charge in [-0.25, -0.2) is 0 Å². The minimum absolute atomic E-state index is 0.169. The van der Waals surface area contributed by atoms with Gasteiger partial charge in [0, 0.05) is 13.0 Å². The molecule has 4 nitrogen and oxygen atoms in total. The Bertz CT molecular complexity index is 491. The van der Waals surface area contributed by atoms with Gasteiger partial charge in [0.15, 0.2) is 0 Å². The van der Waals surface area contributed by atoms with Crippen LogP contribution in [0.5, 0.6) is 0 Å². The molecule has 0 radical (unpaired) electrons. The Hall–Kier alpha value is -0.870. The van der Waals surface area contributed by atoms with E-state index in [0.29, 0.717) is 19.6 Å². The van der Waals surface area contributed by atoms with E-state index >= 15 is 0 Å². The molecule has 1 atom stereocenters. The third-order valence-electron chi connectivity index (χ3n) is 7.34. The average molecular weight is 539 g/mol. The van der Waals surface area contributed by atoms with Crippen molar-refractivity contribution < 1.29 is 19.4 Å². The van der Waals surface area contributed by atoms with Crippen LogP contribution in [0.15, 0.2) is 12.2 Å². The lowest BCUT2D eigenvalue weighted by Gasteiger charge is -2.15. The summed E-state index contributed by atoms with van der Waals surface area (Å²) >= 11 is 0. The van der Waals surface area contributed by atoms with Gasteiger partial charge >= 0.3 is 5.97 Å². The quantitative estimate of drug-likeness (QED) is 0.0542. The topological polar surface area (TPSA) is 55.8 Å². The molecule has 0 aliphatic rings. The van der Waals surface area contributed by atoms with Gasteiger partial charge in [0.1, 0.15) is 6.10 Å². The normalized spacial score (nSPS) is 12.4. The smallest absolute Gasteiger partial charge is 0.306 e. The molecule has 0 saturated heterocycles. The lowest BCUT2D eigenvalue weighted by molar-refractivity contribution is -0.154. The van der Waals surface area contributed by atoms with E-state index in [1.165, 1.54) is 135 Å². The maximum Gasteiger partial charge on any atom is 0.306 e. The number of aliphatic hydroxyl groups is 1. The number of unbranched alkanes of at least 4 members (excludes halogenated alkanes) is 21. The van der Waals surface area contributed by atoms with Gasteiger partial charge in [-0.1, -0.05) is 142 Å². The van der Waals surface area contributed by atoms with Crippen molar-refractivity contribution in [1.82, 2.24) is 0 Å². The predicted octanol–water partition coefficient (Wildman–Crippen LogP) is 10.3. The van der Waals surface area contributed by atoms with Gasteiger partial charge in [0.2, 0.25) is 0 Å². The minimum atomic E-state index is -0.528. The van der Waals surface area contributed by atoms with E-state index in [0.717, 1.165) is 19.3 Å². The number of carbonyl (C=O) groups is 1. The highest BCUT2D eigenvalue weighted by Crippen LogP contribution is 2.13. The zero-order valence-corrected chi connectivity index (χ0v) is 25.7. The van der Waals surface area contributed by atoms with E-state index in [9.17, 15) is 9.90 Å². The number of carbonyl (C=O) groups excluding carboxylic acids is 1. The fourth-order valence-corrected chi connectivity index (χ4v) is 4.79. The maximum atomic E-state index is 12.1. The molecule has 0 spiro atoms. The van der Waals surface area contributed by atoms with Crippen LogP contribution in [-0.4, -0.2) is 37.0 Å². The first-order valence-electron chi connectivity index (χ1n) is 16.8. The lowest BCUT2D eigenvalue weighted by Crippen LogP contribution is -2.27. The molecule has 0 amide bonds. The number of ether oxygens (including phenoxy) is 2. The molecule has 0 aromatic carbocycles. The third-order valence-corrected chi connectivity index (χ3v) is 7.34. The molecular formula is C34H66O4. The number of allylic oxidation sites excluding steroid dienone is 2. The van der Waals surface area contributed by atoms with Crippen LogP contribution in [0.4, 0.5) is 0 Å². The first kappa shape index (κ1) is 37.1. The van der Waals surface area contributed by atoms with Crippen molar-refractivity contribution in [3.8, 4) is 0 Å². The molecule has 4 heteroatoms. The molecule has 0 aromatic rings. The summed E-state index contributed by atoms with van der Waals surface area (Å²) in [6, 6.07) is 0. The number of esters is 1. The second-order valence-corrected chi connectivity index (χ2v) is 11.2. The molecular weight excluding hydrogens is 472 g/mol. The Balaban J connectivity index is 3.43. The Kier molecular flexibility index (Phi) is 31.6. The summed E-state index contributed by atoms with van der Waals surface area (Å²) in [5, 5.41) is 9.51. The number of hydrogen-bond acceptors (Lipinski definition) is 4. The van der Waals surface area contributed by atoms with Gasteiger partial charge in [-0.2, -0.15) is 0 Å². The Labute approximate surface area is 237 Å². The molecule has 0 fully saturated rings. The summed E-state index contributed by atoms with van der Waals surface area (Å²) < 4.78 is 11.1. The van der Waals surface area contributed by atoms with Gasteiger partial charge in [-0.3, -0.25) is 4.79 Å². The molecule has 1 unspecified atom stereocenters. The van der Waals surface area contributed by atoms with Crippen molar-refractivity contribution in [3.05, 3.63) is 12.2 Å². The summed E-state index contributed by atoms with van der Waals surface area (Å²) in [5.41, 5.74) is 0. The number of rotatable bonds is 31. The van der Waals surface area contributed by atoms with E-state index < -0.39 is 6.10 Å². The fourth-order valence-electron chi connectivity index (χ4n) is 4.79. The second-order valence-electron chi connectivity index (χ2n) is 11.2. The van der Waals surface area contributed by atoms with Crippen LogP contribution in [0, 0.1) is 0 Å². The van der Waals surface area contributed by atoms with Gasteiger partial charge in [-0.05, 0) is 38.5 Å². The zero-order valence-electron chi connectivity index (χ0n) is 25.7. The lowest BCUT2D eigenvalue weighted by atomic mass is 10.0.